The molecule has 0 radical (unpaired) electrons. The number of phenols is 1. The van der Waals surface area contributed by atoms with E-state index in [9.17, 15) is 21.9 Å². The minimum Gasteiger partial charge on any atom is -0.507 e. The summed E-state index contributed by atoms with van der Waals surface area (Å²) in [5.74, 6) is -0.0489. The van der Waals surface area contributed by atoms with Crippen LogP contribution in [-0.2, 0) is 20.0 Å². The molecule has 0 unspecified atom stereocenters. The van der Waals surface area contributed by atoms with Crippen LogP contribution >= 0.6 is 11.5 Å². The Labute approximate surface area is 181 Å². The first kappa shape index (κ1) is 21.1. The fourth-order valence-electron chi connectivity index (χ4n) is 3.00. The van der Waals surface area contributed by atoms with Crippen molar-refractivity contribution in [3.8, 4) is 5.75 Å². The van der Waals surface area contributed by atoms with Gasteiger partial charge in [0.15, 0.2) is 5.00 Å². The van der Waals surface area contributed by atoms with Gasteiger partial charge in [0.1, 0.15) is 5.75 Å². The summed E-state index contributed by atoms with van der Waals surface area (Å²) in [6.07, 6.45) is 1.02. The molecule has 4 aromatic rings. The van der Waals surface area contributed by atoms with Gasteiger partial charge in [0, 0.05) is 16.2 Å². The van der Waals surface area contributed by atoms with E-state index in [0.29, 0.717) is 32.4 Å². The first-order valence-corrected chi connectivity index (χ1v) is 12.8. The largest absolute Gasteiger partial charge is 0.507 e. The summed E-state index contributed by atoms with van der Waals surface area (Å²) >= 11 is 1.02. The van der Waals surface area contributed by atoms with Crippen molar-refractivity contribution in [1.29, 1.82) is 0 Å². The Hall–Kier alpha value is -3.13. The first-order valence-electron chi connectivity index (χ1n) is 8.59. The predicted molar refractivity (Wildman–Crippen MR) is 119 cm³/mol. The maximum Gasteiger partial charge on any atom is 0.238 e. The van der Waals surface area contributed by atoms with Crippen molar-refractivity contribution >= 4 is 69.6 Å². The monoisotopic (exact) mass is 477 g/mol. The molecular weight excluding hydrogens is 462 g/mol. The maximum absolute atomic E-state index is 11.8. The summed E-state index contributed by atoms with van der Waals surface area (Å²) in [6, 6.07) is 11.9. The van der Waals surface area contributed by atoms with Crippen molar-refractivity contribution in [3.63, 3.8) is 0 Å². The zero-order valence-corrected chi connectivity index (χ0v) is 18.3. The number of nitrogens with zero attached hydrogens (tertiary/aromatic N) is 3. The SMILES string of the molecule is CS(=O)(=O)Nc1cccc2c(O)ccc(/N=N/c3snc4ccc(S(N)(=O)=O)cc34)c12. The Morgan fingerprint density at radius 2 is 1.81 bits per heavy atom. The van der Waals surface area contributed by atoms with Crippen molar-refractivity contribution in [3.05, 3.63) is 48.5 Å². The molecule has 10 nitrogen and oxygen atoms in total. The number of nitrogens with two attached hydrogens (primary N) is 1. The van der Waals surface area contributed by atoms with E-state index in [4.69, 9.17) is 5.14 Å². The Bertz CT molecular complexity index is 1580. The number of hydrogen-bond donors (Lipinski definition) is 3. The number of nitrogens with one attached hydrogen (secondary N) is 1. The highest BCUT2D eigenvalue weighted by atomic mass is 32.2. The van der Waals surface area contributed by atoms with Gasteiger partial charge in [-0.15, -0.1) is 10.2 Å². The van der Waals surface area contributed by atoms with Crippen molar-refractivity contribution in [2.45, 2.75) is 4.90 Å². The summed E-state index contributed by atoms with van der Waals surface area (Å²) in [4.78, 5) is -0.0774. The lowest BCUT2D eigenvalue weighted by Crippen LogP contribution is -2.11. The van der Waals surface area contributed by atoms with Gasteiger partial charge in [-0.2, -0.15) is 4.37 Å². The van der Waals surface area contributed by atoms with Gasteiger partial charge in [-0.25, -0.2) is 22.0 Å². The van der Waals surface area contributed by atoms with Crippen LogP contribution in [0.25, 0.3) is 21.7 Å². The van der Waals surface area contributed by atoms with Crippen molar-refractivity contribution in [1.82, 2.24) is 4.37 Å². The summed E-state index contributed by atoms with van der Waals surface area (Å²) in [6.45, 7) is 0. The van der Waals surface area contributed by atoms with E-state index in [-0.39, 0.29) is 16.3 Å². The lowest BCUT2D eigenvalue weighted by molar-refractivity contribution is 0.481. The quantitative estimate of drug-likeness (QED) is 0.372. The average molecular weight is 478 g/mol. The molecule has 0 atom stereocenters. The molecule has 0 spiro atoms. The zero-order valence-electron chi connectivity index (χ0n) is 15.8. The van der Waals surface area contributed by atoms with E-state index in [1.807, 2.05) is 0 Å². The number of primary sulfonamides is 1. The molecule has 0 aliphatic carbocycles. The normalized spacial score (nSPS) is 12.7. The number of fused-ring (bicyclic) bond motifs is 2. The molecule has 13 heteroatoms. The molecule has 0 fully saturated rings. The molecule has 0 saturated heterocycles. The molecule has 0 saturated carbocycles. The molecule has 0 aliphatic rings. The van der Waals surface area contributed by atoms with Gasteiger partial charge < -0.3 is 5.11 Å². The van der Waals surface area contributed by atoms with Gasteiger partial charge in [0.2, 0.25) is 20.0 Å². The molecule has 4 rings (SSSR count). The summed E-state index contributed by atoms with van der Waals surface area (Å²) in [7, 11) is -7.49. The lowest BCUT2D eigenvalue weighted by atomic mass is 10.1. The number of aromatic nitrogens is 1. The van der Waals surface area contributed by atoms with E-state index >= 15 is 0 Å². The first-order chi connectivity index (χ1) is 14.5. The number of rotatable bonds is 5. The van der Waals surface area contributed by atoms with Gasteiger partial charge in [0.05, 0.1) is 28.0 Å². The van der Waals surface area contributed by atoms with E-state index in [1.165, 1.54) is 30.3 Å². The summed E-state index contributed by atoms with van der Waals surface area (Å²) in [5, 5.41) is 25.3. The summed E-state index contributed by atoms with van der Waals surface area (Å²) < 4.78 is 53.4. The van der Waals surface area contributed by atoms with E-state index < -0.39 is 20.0 Å². The number of azo groups is 1. The van der Waals surface area contributed by atoms with Crippen molar-refractivity contribution in [2.75, 3.05) is 11.0 Å². The summed E-state index contributed by atoms with van der Waals surface area (Å²) in [5.41, 5.74) is 1.06. The number of anilines is 1. The van der Waals surface area contributed by atoms with Gasteiger partial charge in [-0.1, -0.05) is 12.1 Å². The van der Waals surface area contributed by atoms with E-state index in [1.54, 1.807) is 18.2 Å². The number of sulfonamides is 2. The van der Waals surface area contributed by atoms with Crippen LogP contribution in [-0.4, -0.2) is 32.6 Å². The number of hydrogen-bond acceptors (Lipinski definition) is 9. The Morgan fingerprint density at radius 1 is 1.03 bits per heavy atom. The van der Waals surface area contributed by atoms with Gasteiger partial charge in [-0.3, -0.25) is 4.72 Å². The van der Waals surface area contributed by atoms with Gasteiger partial charge >= 0.3 is 0 Å². The second-order valence-electron chi connectivity index (χ2n) is 6.62. The van der Waals surface area contributed by atoms with Crippen LogP contribution in [0.4, 0.5) is 16.4 Å². The number of phenolic OH excluding ortho intramolecular Hbond substituents is 1. The third-order valence-corrected chi connectivity index (χ3v) is 6.56. The fraction of sp³-hybridized carbons (Fsp3) is 0.0556. The standard InChI is InChI=1S/C18H15N5O5S3/c1-30(25,26)23-15-4-2-3-11-16(24)8-7-14(17(11)15)20-21-18-12-9-10(31(19,27)28)5-6-13(12)22-29-18/h2-9,23-24H,1H3,(H2,19,27,28)/b21-20+. The van der Waals surface area contributed by atoms with Gasteiger partial charge in [0.25, 0.3) is 0 Å². The van der Waals surface area contributed by atoms with Crippen molar-refractivity contribution < 1.29 is 21.9 Å². The molecule has 31 heavy (non-hydrogen) atoms. The highest BCUT2D eigenvalue weighted by Crippen LogP contribution is 2.40. The number of benzene rings is 3. The van der Waals surface area contributed by atoms with Crippen LogP contribution in [0.5, 0.6) is 5.75 Å². The molecular formula is C18H15N5O5S3. The third kappa shape index (κ3) is 4.34. The van der Waals surface area contributed by atoms with Gasteiger partial charge in [-0.05, 0) is 47.9 Å². The van der Waals surface area contributed by atoms with E-state index in [2.05, 4.69) is 19.3 Å². The van der Waals surface area contributed by atoms with Crippen molar-refractivity contribution in [2.24, 2.45) is 15.4 Å². The Balaban J connectivity index is 1.86. The highest BCUT2D eigenvalue weighted by Gasteiger charge is 2.15. The Morgan fingerprint density at radius 3 is 2.52 bits per heavy atom. The third-order valence-electron chi connectivity index (χ3n) is 4.30. The van der Waals surface area contributed by atoms with Crippen LogP contribution in [0.15, 0.2) is 63.7 Å². The topological polar surface area (TPSA) is 164 Å². The van der Waals surface area contributed by atoms with Crippen LogP contribution in [0, 0.1) is 0 Å². The Kier molecular flexibility index (Phi) is 5.13. The molecule has 1 heterocycles. The van der Waals surface area contributed by atoms with Crippen LogP contribution in [0.2, 0.25) is 0 Å². The second-order valence-corrected chi connectivity index (χ2v) is 10.7. The zero-order chi connectivity index (χ0) is 22.4. The molecule has 1 aromatic heterocycles. The second kappa shape index (κ2) is 7.53. The fourth-order valence-corrected chi connectivity index (χ4v) is 4.79. The van der Waals surface area contributed by atoms with Crippen LogP contribution in [0.1, 0.15) is 0 Å². The molecule has 160 valence electrons. The molecule has 4 N–H and O–H groups in total. The van der Waals surface area contributed by atoms with Crippen LogP contribution < -0.4 is 9.86 Å². The smallest absolute Gasteiger partial charge is 0.238 e. The average Bonchev–Trinajstić information content (AvgIpc) is 3.08. The molecule has 0 amide bonds. The lowest BCUT2D eigenvalue weighted by Gasteiger charge is -2.10. The molecule has 0 bridgehead atoms. The van der Waals surface area contributed by atoms with E-state index in [0.717, 1.165) is 17.8 Å². The minimum atomic E-state index is -3.90. The van der Waals surface area contributed by atoms with Crippen LogP contribution in [0.3, 0.4) is 0 Å². The minimum absolute atomic E-state index is 0.0489. The highest BCUT2D eigenvalue weighted by molar-refractivity contribution is 7.92. The number of aromatic hydroxyl groups is 1. The molecule has 0 aliphatic heterocycles. The predicted octanol–water partition coefficient (Wildman–Crippen LogP) is 3.59. The molecule has 3 aromatic carbocycles. The maximum atomic E-state index is 11.8.